The van der Waals surface area contributed by atoms with E-state index >= 15 is 0 Å². The molecular weight excluding hydrogens is 266 g/mol. The van der Waals surface area contributed by atoms with Crippen LogP contribution in [0.25, 0.3) is 0 Å². The second-order valence-corrected chi connectivity index (χ2v) is 5.63. The van der Waals surface area contributed by atoms with Crippen molar-refractivity contribution in [2.45, 2.75) is 31.1 Å². The molecule has 1 aromatic rings. The number of phenolic OH excluding ortho intramolecular Hbond substituents is 2. The van der Waals surface area contributed by atoms with Crippen molar-refractivity contribution >= 4 is 17.5 Å². The molecule has 2 rings (SSSR count). The van der Waals surface area contributed by atoms with E-state index in [1.165, 1.54) is 18.2 Å². The van der Waals surface area contributed by atoms with Gasteiger partial charge in [-0.3, -0.25) is 4.79 Å². The first kappa shape index (κ1) is 14.0. The number of rotatable bonds is 3. The molecule has 3 N–H and O–H groups in total. The number of carbonyl (C=O) groups is 1. The lowest BCUT2D eigenvalue weighted by Crippen LogP contribution is -2.32. The van der Waals surface area contributed by atoms with Gasteiger partial charge >= 0.3 is 0 Å². The first-order valence-electron chi connectivity index (χ1n) is 6.51. The van der Waals surface area contributed by atoms with E-state index in [-0.39, 0.29) is 22.4 Å². The third kappa shape index (κ3) is 3.53. The number of amides is 1. The Labute approximate surface area is 117 Å². The van der Waals surface area contributed by atoms with E-state index in [1.807, 2.05) is 0 Å². The fourth-order valence-corrected chi connectivity index (χ4v) is 2.90. The first-order chi connectivity index (χ1) is 9.08. The Bertz CT molecular complexity index is 444. The standard InChI is InChI=1S/C14H18ClNO3/c15-10-4-1-3-9(7-10)8-16-14(19)13-11(17)5-2-6-12(13)18/h2,5-6,9-10,17-18H,1,3-4,7-8H2,(H,16,19). The number of alkyl halides is 1. The van der Waals surface area contributed by atoms with Crippen molar-refractivity contribution in [3.8, 4) is 11.5 Å². The van der Waals surface area contributed by atoms with Gasteiger partial charge in [-0.25, -0.2) is 0 Å². The molecule has 0 heterocycles. The van der Waals surface area contributed by atoms with Crippen molar-refractivity contribution in [2.24, 2.45) is 5.92 Å². The Morgan fingerprint density at radius 3 is 2.63 bits per heavy atom. The molecule has 1 fully saturated rings. The second kappa shape index (κ2) is 6.15. The Morgan fingerprint density at radius 1 is 1.32 bits per heavy atom. The van der Waals surface area contributed by atoms with Crippen LogP contribution in [-0.2, 0) is 0 Å². The summed E-state index contributed by atoms with van der Waals surface area (Å²) in [5.41, 5.74) is -0.0688. The van der Waals surface area contributed by atoms with Gasteiger partial charge in [-0.1, -0.05) is 12.5 Å². The summed E-state index contributed by atoms with van der Waals surface area (Å²) < 4.78 is 0. The predicted octanol–water partition coefficient (Wildman–Crippen LogP) is 2.63. The van der Waals surface area contributed by atoms with Gasteiger partial charge in [-0.15, -0.1) is 11.6 Å². The second-order valence-electron chi connectivity index (χ2n) is 5.01. The molecule has 0 radical (unpaired) electrons. The zero-order valence-corrected chi connectivity index (χ0v) is 11.4. The number of hydrogen-bond donors (Lipinski definition) is 3. The SMILES string of the molecule is O=C(NCC1CCCC(Cl)C1)c1c(O)cccc1O. The van der Waals surface area contributed by atoms with E-state index in [1.54, 1.807) is 0 Å². The minimum absolute atomic E-state index is 0.0688. The fourth-order valence-electron chi connectivity index (χ4n) is 2.50. The van der Waals surface area contributed by atoms with Crippen LogP contribution in [0, 0.1) is 5.92 Å². The van der Waals surface area contributed by atoms with Crippen LogP contribution in [0.15, 0.2) is 18.2 Å². The lowest BCUT2D eigenvalue weighted by Gasteiger charge is -2.25. The van der Waals surface area contributed by atoms with Crippen LogP contribution >= 0.6 is 11.6 Å². The summed E-state index contributed by atoms with van der Waals surface area (Å²) in [5, 5.41) is 22.1. The molecule has 1 saturated carbocycles. The highest BCUT2D eigenvalue weighted by Gasteiger charge is 2.22. The van der Waals surface area contributed by atoms with Crippen LogP contribution in [0.2, 0.25) is 0 Å². The zero-order valence-electron chi connectivity index (χ0n) is 10.6. The molecule has 4 nitrogen and oxygen atoms in total. The average Bonchev–Trinajstić information content (AvgIpc) is 2.36. The Hall–Kier alpha value is -1.42. The third-order valence-corrected chi connectivity index (χ3v) is 3.91. The van der Waals surface area contributed by atoms with Crippen LogP contribution in [0.5, 0.6) is 11.5 Å². The van der Waals surface area contributed by atoms with E-state index in [0.29, 0.717) is 12.5 Å². The summed E-state index contributed by atoms with van der Waals surface area (Å²) in [7, 11) is 0. The number of phenols is 2. The maximum absolute atomic E-state index is 11.9. The van der Waals surface area contributed by atoms with E-state index in [0.717, 1.165) is 25.7 Å². The normalized spacial score (nSPS) is 23.0. The number of halogens is 1. The van der Waals surface area contributed by atoms with Crippen LogP contribution in [0.1, 0.15) is 36.0 Å². The predicted molar refractivity (Wildman–Crippen MR) is 73.7 cm³/mol. The molecule has 1 aromatic carbocycles. The van der Waals surface area contributed by atoms with Crippen LogP contribution in [-0.4, -0.2) is 28.0 Å². The molecule has 1 aliphatic rings. The van der Waals surface area contributed by atoms with Gasteiger partial charge in [0, 0.05) is 11.9 Å². The highest BCUT2D eigenvalue weighted by Crippen LogP contribution is 2.28. The van der Waals surface area contributed by atoms with Gasteiger partial charge in [0.2, 0.25) is 0 Å². The summed E-state index contributed by atoms with van der Waals surface area (Å²) in [4.78, 5) is 11.9. The topological polar surface area (TPSA) is 69.6 Å². The molecule has 19 heavy (non-hydrogen) atoms. The van der Waals surface area contributed by atoms with Crippen molar-refractivity contribution in [2.75, 3.05) is 6.54 Å². The largest absolute Gasteiger partial charge is 0.507 e. The average molecular weight is 284 g/mol. The monoisotopic (exact) mass is 283 g/mol. The Kier molecular flexibility index (Phi) is 4.53. The van der Waals surface area contributed by atoms with Crippen LogP contribution in [0.3, 0.4) is 0 Å². The summed E-state index contributed by atoms with van der Waals surface area (Å²) >= 11 is 6.10. The van der Waals surface area contributed by atoms with Crippen molar-refractivity contribution < 1.29 is 15.0 Å². The number of carbonyl (C=O) groups excluding carboxylic acids is 1. The molecule has 0 aliphatic heterocycles. The minimum Gasteiger partial charge on any atom is -0.507 e. The van der Waals surface area contributed by atoms with Crippen molar-refractivity contribution in [3.05, 3.63) is 23.8 Å². The van der Waals surface area contributed by atoms with Gasteiger partial charge < -0.3 is 15.5 Å². The molecule has 0 aromatic heterocycles. The summed E-state index contributed by atoms with van der Waals surface area (Å²) in [6.07, 6.45) is 4.06. The maximum Gasteiger partial charge on any atom is 0.258 e. The van der Waals surface area contributed by atoms with Gasteiger partial charge in [0.05, 0.1) is 0 Å². The molecule has 104 valence electrons. The molecule has 1 aliphatic carbocycles. The lowest BCUT2D eigenvalue weighted by molar-refractivity contribution is 0.0938. The number of nitrogens with one attached hydrogen (secondary N) is 1. The smallest absolute Gasteiger partial charge is 0.258 e. The van der Waals surface area contributed by atoms with Gasteiger partial charge in [0.15, 0.2) is 0 Å². The molecular formula is C14H18ClNO3. The molecule has 2 atom stereocenters. The van der Waals surface area contributed by atoms with Gasteiger partial charge in [0.1, 0.15) is 17.1 Å². The fraction of sp³-hybridized carbons (Fsp3) is 0.500. The van der Waals surface area contributed by atoms with Crippen molar-refractivity contribution in [3.63, 3.8) is 0 Å². The summed E-state index contributed by atoms with van der Waals surface area (Å²) in [6.45, 7) is 0.524. The summed E-state index contributed by atoms with van der Waals surface area (Å²) in [5.74, 6) is -0.506. The van der Waals surface area contributed by atoms with E-state index < -0.39 is 5.91 Å². The third-order valence-electron chi connectivity index (χ3n) is 3.52. The van der Waals surface area contributed by atoms with E-state index in [2.05, 4.69) is 5.32 Å². The Balaban J connectivity index is 1.94. The highest BCUT2D eigenvalue weighted by atomic mass is 35.5. The highest BCUT2D eigenvalue weighted by molar-refractivity contribution is 6.20. The van der Waals surface area contributed by atoms with Crippen molar-refractivity contribution in [1.29, 1.82) is 0 Å². The zero-order chi connectivity index (χ0) is 13.8. The van der Waals surface area contributed by atoms with Gasteiger partial charge in [-0.05, 0) is 37.3 Å². The van der Waals surface area contributed by atoms with E-state index in [4.69, 9.17) is 11.6 Å². The van der Waals surface area contributed by atoms with E-state index in [9.17, 15) is 15.0 Å². The molecule has 1 amide bonds. The molecule has 0 bridgehead atoms. The first-order valence-corrected chi connectivity index (χ1v) is 6.94. The van der Waals surface area contributed by atoms with Gasteiger partial charge in [0.25, 0.3) is 5.91 Å². The number of hydrogen-bond acceptors (Lipinski definition) is 3. The number of aromatic hydroxyl groups is 2. The van der Waals surface area contributed by atoms with Crippen LogP contribution < -0.4 is 5.32 Å². The minimum atomic E-state index is -0.452. The molecule has 0 spiro atoms. The molecule has 0 saturated heterocycles. The Morgan fingerprint density at radius 2 is 2.00 bits per heavy atom. The number of benzene rings is 1. The van der Waals surface area contributed by atoms with Crippen LogP contribution in [0.4, 0.5) is 0 Å². The molecule has 5 heteroatoms. The maximum atomic E-state index is 11.9. The lowest BCUT2D eigenvalue weighted by atomic mass is 9.89. The quantitative estimate of drug-likeness (QED) is 0.747. The van der Waals surface area contributed by atoms with Gasteiger partial charge in [-0.2, -0.15) is 0 Å². The van der Waals surface area contributed by atoms with Crippen molar-refractivity contribution in [1.82, 2.24) is 5.32 Å². The molecule has 2 unspecified atom stereocenters. The summed E-state index contributed by atoms with van der Waals surface area (Å²) in [6, 6.07) is 4.24.